The Morgan fingerprint density at radius 3 is 2.78 bits per heavy atom. The van der Waals surface area contributed by atoms with Crippen LogP contribution in [0.15, 0.2) is 30.3 Å². The van der Waals surface area contributed by atoms with Crippen LogP contribution in [0.25, 0.3) is 6.08 Å². The molecule has 0 spiro atoms. The van der Waals surface area contributed by atoms with E-state index in [9.17, 15) is 4.79 Å². The fraction of sp³-hybridized carbons (Fsp3) is 0.400. The molecule has 2 rings (SSSR count). The normalized spacial score (nSPS) is 17.4. The lowest BCUT2D eigenvalue weighted by Crippen LogP contribution is -2.48. The Bertz CT molecular complexity index is 461. The SMILES string of the molecule is Cc1ccccc1C=CC(=O)NCC1(C)COC1. The van der Waals surface area contributed by atoms with E-state index in [1.807, 2.05) is 37.3 Å². The number of ether oxygens (including phenoxy) is 1. The first-order chi connectivity index (χ1) is 8.59. The maximum absolute atomic E-state index is 11.7. The largest absolute Gasteiger partial charge is 0.380 e. The summed E-state index contributed by atoms with van der Waals surface area (Å²) in [6, 6.07) is 7.99. The summed E-state index contributed by atoms with van der Waals surface area (Å²) in [4.78, 5) is 11.7. The van der Waals surface area contributed by atoms with E-state index >= 15 is 0 Å². The third-order valence-corrected chi connectivity index (χ3v) is 3.19. The third kappa shape index (κ3) is 3.20. The summed E-state index contributed by atoms with van der Waals surface area (Å²) in [5, 5.41) is 2.91. The van der Waals surface area contributed by atoms with E-state index in [1.165, 1.54) is 5.56 Å². The highest BCUT2D eigenvalue weighted by Gasteiger charge is 2.33. The van der Waals surface area contributed by atoms with Crippen LogP contribution in [-0.2, 0) is 9.53 Å². The van der Waals surface area contributed by atoms with Crippen molar-refractivity contribution in [3.05, 3.63) is 41.5 Å². The molecule has 0 bridgehead atoms. The molecule has 1 N–H and O–H groups in total. The van der Waals surface area contributed by atoms with Gasteiger partial charge in [-0.25, -0.2) is 0 Å². The molecule has 1 aromatic rings. The molecule has 1 heterocycles. The molecule has 96 valence electrons. The van der Waals surface area contributed by atoms with E-state index in [1.54, 1.807) is 6.08 Å². The highest BCUT2D eigenvalue weighted by atomic mass is 16.5. The van der Waals surface area contributed by atoms with Crippen LogP contribution in [0, 0.1) is 12.3 Å². The number of amides is 1. The molecule has 0 saturated carbocycles. The van der Waals surface area contributed by atoms with Gasteiger partial charge in [0.05, 0.1) is 13.2 Å². The van der Waals surface area contributed by atoms with Gasteiger partial charge in [0, 0.05) is 18.0 Å². The van der Waals surface area contributed by atoms with Gasteiger partial charge in [0.15, 0.2) is 0 Å². The third-order valence-electron chi connectivity index (χ3n) is 3.19. The van der Waals surface area contributed by atoms with Gasteiger partial charge in [0.1, 0.15) is 0 Å². The van der Waals surface area contributed by atoms with Crippen molar-refractivity contribution in [2.45, 2.75) is 13.8 Å². The second kappa shape index (κ2) is 5.36. The van der Waals surface area contributed by atoms with Crippen molar-refractivity contribution in [3.63, 3.8) is 0 Å². The van der Waals surface area contributed by atoms with Gasteiger partial charge in [0.25, 0.3) is 0 Å². The summed E-state index contributed by atoms with van der Waals surface area (Å²) in [6.45, 7) is 6.28. The van der Waals surface area contributed by atoms with Crippen molar-refractivity contribution in [1.29, 1.82) is 0 Å². The van der Waals surface area contributed by atoms with Gasteiger partial charge < -0.3 is 10.1 Å². The van der Waals surface area contributed by atoms with Crippen LogP contribution in [-0.4, -0.2) is 25.7 Å². The van der Waals surface area contributed by atoms with Crippen molar-refractivity contribution < 1.29 is 9.53 Å². The number of carbonyl (C=O) groups excluding carboxylic acids is 1. The van der Waals surface area contributed by atoms with Crippen LogP contribution in [0.2, 0.25) is 0 Å². The molecule has 1 saturated heterocycles. The molecule has 1 aliphatic heterocycles. The minimum Gasteiger partial charge on any atom is -0.380 e. The fourth-order valence-corrected chi connectivity index (χ4v) is 1.85. The fourth-order valence-electron chi connectivity index (χ4n) is 1.85. The Morgan fingerprint density at radius 1 is 1.44 bits per heavy atom. The Hall–Kier alpha value is -1.61. The Morgan fingerprint density at radius 2 is 2.17 bits per heavy atom. The van der Waals surface area contributed by atoms with E-state index in [2.05, 4.69) is 12.2 Å². The molecule has 0 radical (unpaired) electrons. The highest BCUT2D eigenvalue weighted by molar-refractivity contribution is 5.91. The molecule has 0 unspecified atom stereocenters. The maximum Gasteiger partial charge on any atom is 0.244 e. The van der Waals surface area contributed by atoms with Gasteiger partial charge >= 0.3 is 0 Å². The number of hydrogen-bond donors (Lipinski definition) is 1. The molecular formula is C15H19NO2. The molecule has 0 aliphatic carbocycles. The lowest BCUT2D eigenvalue weighted by Gasteiger charge is -2.37. The lowest BCUT2D eigenvalue weighted by molar-refractivity contribution is -0.122. The number of benzene rings is 1. The zero-order chi connectivity index (χ0) is 13.0. The summed E-state index contributed by atoms with van der Waals surface area (Å²) < 4.78 is 5.15. The second-order valence-corrected chi connectivity index (χ2v) is 5.21. The van der Waals surface area contributed by atoms with Crippen LogP contribution < -0.4 is 5.32 Å². The number of carbonyl (C=O) groups is 1. The summed E-state index contributed by atoms with van der Waals surface area (Å²) in [7, 11) is 0. The maximum atomic E-state index is 11.7. The summed E-state index contributed by atoms with van der Waals surface area (Å²) in [6.07, 6.45) is 3.44. The van der Waals surface area contributed by atoms with Crippen LogP contribution in [0.4, 0.5) is 0 Å². The molecule has 1 amide bonds. The Kier molecular flexibility index (Phi) is 3.82. The average Bonchev–Trinajstić information content (AvgIpc) is 2.33. The van der Waals surface area contributed by atoms with E-state index in [4.69, 9.17) is 4.74 Å². The summed E-state index contributed by atoms with van der Waals surface area (Å²) in [5.41, 5.74) is 2.36. The molecule has 3 heteroatoms. The molecule has 18 heavy (non-hydrogen) atoms. The first-order valence-electron chi connectivity index (χ1n) is 6.18. The Balaban J connectivity index is 1.85. The second-order valence-electron chi connectivity index (χ2n) is 5.21. The molecule has 0 atom stereocenters. The number of aryl methyl sites for hydroxylation is 1. The quantitative estimate of drug-likeness (QED) is 0.826. The molecule has 0 aromatic heterocycles. The number of hydrogen-bond acceptors (Lipinski definition) is 2. The van der Waals surface area contributed by atoms with Gasteiger partial charge in [-0.3, -0.25) is 4.79 Å². The number of rotatable bonds is 4. The van der Waals surface area contributed by atoms with Crippen LogP contribution in [0.5, 0.6) is 0 Å². The minimum absolute atomic E-state index is 0.0496. The Labute approximate surface area is 108 Å². The molecule has 3 nitrogen and oxygen atoms in total. The van der Waals surface area contributed by atoms with Gasteiger partial charge in [0.2, 0.25) is 5.91 Å². The predicted octanol–water partition coefficient (Wildman–Crippen LogP) is 2.16. The standard InChI is InChI=1S/C15H19NO2/c1-12-5-3-4-6-13(12)7-8-14(17)16-9-15(2)10-18-11-15/h3-8H,9-11H2,1-2H3,(H,16,17). The van der Waals surface area contributed by atoms with Crippen molar-refractivity contribution in [2.24, 2.45) is 5.41 Å². The summed E-state index contributed by atoms with van der Waals surface area (Å²) >= 11 is 0. The van der Waals surface area contributed by atoms with Gasteiger partial charge in [-0.15, -0.1) is 0 Å². The first-order valence-corrected chi connectivity index (χ1v) is 6.18. The van der Waals surface area contributed by atoms with Gasteiger partial charge in [-0.1, -0.05) is 31.2 Å². The van der Waals surface area contributed by atoms with E-state index in [-0.39, 0.29) is 11.3 Å². The predicted molar refractivity (Wildman–Crippen MR) is 72.1 cm³/mol. The van der Waals surface area contributed by atoms with Gasteiger partial charge in [-0.2, -0.15) is 0 Å². The zero-order valence-electron chi connectivity index (χ0n) is 10.9. The van der Waals surface area contributed by atoms with E-state index in [0.717, 1.165) is 18.8 Å². The van der Waals surface area contributed by atoms with Crippen LogP contribution in [0.1, 0.15) is 18.1 Å². The molecule has 1 aliphatic rings. The van der Waals surface area contributed by atoms with Crippen molar-refractivity contribution in [2.75, 3.05) is 19.8 Å². The monoisotopic (exact) mass is 245 g/mol. The van der Waals surface area contributed by atoms with Crippen molar-refractivity contribution in [1.82, 2.24) is 5.32 Å². The number of nitrogens with one attached hydrogen (secondary N) is 1. The topological polar surface area (TPSA) is 38.3 Å². The zero-order valence-corrected chi connectivity index (χ0v) is 10.9. The van der Waals surface area contributed by atoms with Crippen LogP contribution >= 0.6 is 0 Å². The molecule has 1 fully saturated rings. The van der Waals surface area contributed by atoms with E-state index in [0.29, 0.717) is 6.54 Å². The van der Waals surface area contributed by atoms with Crippen molar-refractivity contribution >= 4 is 12.0 Å². The smallest absolute Gasteiger partial charge is 0.244 e. The lowest BCUT2D eigenvalue weighted by atomic mass is 9.89. The van der Waals surface area contributed by atoms with Crippen LogP contribution in [0.3, 0.4) is 0 Å². The molecule has 1 aromatic carbocycles. The first kappa shape index (κ1) is 12.8. The highest BCUT2D eigenvalue weighted by Crippen LogP contribution is 2.24. The molecular weight excluding hydrogens is 226 g/mol. The van der Waals surface area contributed by atoms with E-state index < -0.39 is 0 Å². The average molecular weight is 245 g/mol. The van der Waals surface area contributed by atoms with Gasteiger partial charge in [-0.05, 0) is 24.1 Å². The van der Waals surface area contributed by atoms with Crippen molar-refractivity contribution in [3.8, 4) is 0 Å². The summed E-state index contributed by atoms with van der Waals surface area (Å²) in [5.74, 6) is -0.0496. The minimum atomic E-state index is -0.0496.